The number of halogens is 1. The highest BCUT2D eigenvalue weighted by Crippen LogP contribution is 2.18. The molecule has 0 saturated heterocycles. The Morgan fingerprint density at radius 2 is 2.16 bits per heavy atom. The van der Waals surface area contributed by atoms with E-state index in [0.29, 0.717) is 5.92 Å². The summed E-state index contributed by atoms with van der Waals surface area (Å²) < 4.78 is 13.7. The van der Waals surface area contributed by atoms with Crippen molar-refractivity contribution < 1.29 is 4.39 Å². The Morgan fingerprint density at radius 1 is 1.32 bits per heavy atom. The van der Waals surface area contributed by atoms with Gasteiger partial charge in [0, 0.05) is 11.1 Å². The number of benzene rings is 1. The summed E-state index contributed by atoms with van der Waals surface area (Å²) in [6.45, 7) is 3.94. The predicted molar refractivity (Wildman–Crippen MR) is 78.0 cm³/mol. The molecule has 0 radical (unpaired) electrons. The number of hydrogen-bond acceptors (Lipinski definition) is 3. The van der Waals surface area contributed by atoms with Gasteiger partial charge < -0.3 is 5.32 Å². The van der Waals surface area contributed by atoms with E-state index in [4.69, 9.17) is 0 Å². The molecule has 0 aliphatic heterocycles. The summed E-state index contributed by atoms with van der Waals surface area (Å²) in [6, 6.07) is 7.05. The smallest absolute Gasteiger partial charge is 0.126 e. The van der Waals surface area contributed by atoms with Gasteiger partial charge in [0.25, 0.3) is 0 Å². The van der Waals surface area contributed by atoms with Crippen LogP contribution >= 0.6 is 11.3 Å². The van der Waals surface area contributed by atoms with E-state index in [2.05, 4.69) is 17.2 Å². The van der Waals surface area contributed by atoms with Crippen molar-refractivity contribution in [3.8, 4) is 0 Å². The van der Waals surface area contributed by atoms with E-state index in [0.717, 1.165) is 31.5 Å². The molecular weight excluding hydrogens is 259 g/mol. The fraction of sp³-hybridized carbons (Fsp3) is 0.400. The standard InChI is InChI=1S/C15H19FN2S/c1-2-17-9-12(8-14-10-18-11-19-14)7-13-5-3-4-6-15(13)16/h3-6,10-12,17H,2,7-9H2,1H3. The molecule has 1 unspecified atom stereocenters. The maximum atomic E-state index is 13.7. The number of rotatable bonds is 7. The number of aromatic nitrogens is 1. The molecule has 1 atom stereocenters. The molecule has 2 aromatic rings. The van der Waals surface area contributed by atoms with Gasteiger partial charge in [-0.2, -0.15) is 0 Å². The minimum atomic E-state index is -0.103. The van der Waals surface area contributed by atoms with Crippen LogP contribution in [0.4, 0.5) is 4.39 Å². The molecule has 2 nitrogen and oxygen atoms in total. The number of hydrogen-bond donors (Lipinski definition) is 1. The van der Waals surface area contributed by atoms with Crippen molar-refractivity contribution in [3.63, 3.8) is 0 Å². The summed E-state index contributed by atoms with van der Waals surface area (Å²) in [5, 5.41) is 3.36. The monoisotopic (exact) mass is 278 g/mol. The summed E-state index contributed by atoms with van der Waals surface area (Å²) in [6.07, 6.45) is 3.62. The van der Waals surface area contributed by atoms with Gasteiger partial charge in [-0.15, -0.1) is 11.3 Å². The zero-order valence-corrected chi connectivity index (χ0v) is 11.9. The maximum absolute atomic E-state index is 13.7. The second kappa shape index (κ2) is 7.36. The first-order valence-electron chi connectivity index (χ1n) is 6.61. The first-order valence-corrected chi connectivity index (χ1v) is 7.49. The first-order chi connectivity index (χ1) is 9.29. The number of nitrogens with one attached hydrogen (secondary N) is 1. The Balaban J connectivity index is 2.03. The largest absolute Gasteiger partial charge is 0.317 e. The molecule has 4 heteroatoms. The summed E-state index contributed by atoms with van der Waals surface area (Å²) in [5.41, 5.74) is 2.65. The molecule has 1 aromatic heterocycles. The van der Waals surface area contributed by atoms with Crippen molar-refractivity contribution in [1.29, 1.82) is 0 Å². The normalized spacial score (nSPS) is 12.5. The fourth-order valence-electron chi connectivity index (χ4n) is 2.17. The second-order valence-electron chi connectivity index (χ2n) is 4.64. The van der Waals surface area contributed by atoms with E-state index in [1.54, 1.807) is 17.4 Å². The highest BCUT2D eigenvalue weighted by Gasteiger charge is 2.13. The summed E-state index contributed by atoms with van der Waals surface area (Å²) >= 11 is 1.67. The lowest BCUT2D eigenvalue weighted by Crippen LogP contribution is -2.25. The molecule has 1 N–H and O–H groups in total. The second-order valence-corrected chi connectivity index (χ2v) is 5.61. The van der Waals surface area contributed by atoms with Gasteiger partial charge in [-0.1, -0.05) is 25.1 Å². The lowest BCUT2D eigenvalue weighted by Gasteiger charge is -2.17. The zero-order valence-electron chi connectivity index (χ0n) is 11.1. The van der Waals surface area contributed by atoms with E-state index in [1.165, 1.54) is 10.9 Å². The molecule has 0 aliphatic carbocycles. The molecule has 0 saturated carbocycles. The lowest BCUT2D eigenvalue weighted by molar-refractivity contribution is 0.469. The van der Waals surface area contributed by atoms with Crippen LogP contribution in [0.2, 0.25) is 0 Å². The molecule has 2 rings (SSSR count). The lowest BCUT2D eigenvalue weighted by atomic mass is 9.95. The molecular formula is C15H19FN2S. The van der Waals surface area contributed by atoms with E-state index < -0.39 is 0 Å². The summed E-state index contributed by atoms with van der Waals surface area (Å²) in [4.78, 5) is 5.37. The first kappa shape index (κ1) is 14.2. The molecule has 19 heavy (non-hydrogen) atoms. The van der Waals surface area contributed by atoms with E-state index in [1.807, 2.05) is 23.8 Å². The van der Waals surface area contributed by atoms with Crippen LogP contribution in [0, 0.1) is 11.7 Å². The molecule has 0 bridgehead atoms. The van der Waals surface area contributed by atoms with E-state index in [-0.39, 0.29) is 5.82 Å². The molecule has 1 heterocycles. The van der Waals surface area contributed by atoms with Crippen molar-refractivity contribution in [2.75, 3.05) is 13.1 Å². The van der Waals surface area contributed by atoms with Gasteiger partial charge in [-0.25, -0.2) is 4.39 Å². The van der Waals surface area contributed by atoms with Crippen molar-refractivity contribution in [2.24, 2.45) is 5.92 Å². The highest BCUT2D eigenvalue weighted by molar-refractivity contribution is 7.09. The fourth-order valence-corrected chi connectivity index (χ4v) is 2.88. The Hall–Kier alpha value is -1.26. The SMILES string of the molecule is CCNCC(Cc1cncs1)Cc1ccccc1F. The molecule has 1 aromatic carbocycles. The van der Waals surface area contributed by atoms with Crippen LogP contribution in [0.5, 0.6) is 0 Å². The van der Waals surface area contributed by atoms with Crippen molar-refractivity contribution >= 4 is 11.3 Å². The maximum Gasteiger partial charge on any atom is 0.126 e. The zero-order chi connectivity index (χ0) is 13.5. The van der Waals surface area contributed by atoms with Gasteiger partial charge >= 0.3 is 0 Å². The molecule has 0 fully saturated rings. The van der Waals surface area contributed by atoms with Crippen LogP contribution in [0.3, 0.4) is 0 Å². The van der Waals surface area contributed by atoms with Gasteiger partial charge in [0.15, 0.2) is 0 Å². The van der Waals surface area contributed by atoms with Crippen LogP contribution in [0.15, 0.2) is 36.0 Å². The molecule has 0 aliphatic rings. The van der Waals surface area contributed by atoms with Gasteiger partial charge in [-0.05, 0) is 43.5 Å². The minimum absolute atomic E-state index is 0.103. The Kier molecular flexibility index (Phi) is 5.48. The van der Waals surface area contributed by atoms with Crippen molar-refractivity contribution in [1.82, 2.24) is 10.3 Å². The summed E-state index contributed by atoms with van der Waals surface area (Å²) in [5.74, 6) is 0.297. The van der Waals surface area contributed by atoms with Crippen LogP contribution in [-0.4, -0.2) is 18.1 Å². The molecule has 102 valence electrons. The van der Waals surface area contributed by atoms with Gasteiger partial charge in [0.2, 0.25) is 0 Å². The van der Waals surface area contributed by atoms with E-state index >= 15 is 0 Å². The van der Waals surface area contributed by atoms with Crippen LogP contribution in [0.1, 0.15) is 17.4 Å². The third kappa shape index (κ3) is 4.40. The van der Waals surface area contributed by atoms with Crippen LogP contribution < -0.4 is 5.32 Å². The van der Waals surface area contributed by atoms with Crippen LogP contribution in [0.25, 0.3) is 0 Å². The Labute approximate surface area is 117 Å². The highest BCUT2D eigenvalue weighted by atomic mass is 32.1. The average Bonchev–Trinajstić information content (AvgIpc) is 2.91. The minimum Gasteiger partial charge on any atom is -0.317 e. The third-order valence-corrected chi connectivity index (χ3v) is 3.92. The predicted octanol–water partition coefficient (Wildman–Crippen LogP) is 3.29. The Morgan fingerprint density at radius 3 is 2.84 bits per heavy atom. The van der Waals surface area contributed by atoms with Gasteiger partial charge in [-0.3, -0.25) is 4.98 Å². The summed E-state index contributed by atoms with van der Waals surface area (Å²) in [7, 11) is 0. The Bertz CT molecular complexity index is 485. The topological polar surface area (TPSA) is 24.9 Å². The van der Waals surface area contributed by atoms with Gasteiger partial charge in [0.1, 0.15) is 5.82 Å². The van der Waals surface area contributed by atoms with Crippen LogP contribution in [-0.2, 0) is 12.8 Å². The third-order valence-electron chi connectivity index (χ3n) is 3.12. The molecule has 0 amide bonds. The number of thiazole rings is 1. The van der Waals surface area contributed by atoms with Crippen molar-refractivity contribution in [2.45, 2.75) is 19.8 Å². The quantitative estimate of drug-likeness (QED) is 0.840. The van der Waals surface area contributed by atoms with Crippen molar-refractivity contribution in [3.05, 3.63) is 52.2 Å². The molecule has 0 spiro atoms. The van der Waals surface area contributed by atoms with E-state index in [9.17, 15) is 4.39 Å². The van der Waals surface area contributed by atoms with Gasteiger partial charge in [0.05, 0.1) is 5.51 Å². The average molecular weight is 278 g/mol. The number of nitrogens with zero attached hydrogens (tertiary/aromatic N) is 1.